The van der Waals surface area contributed by atoms with Gasteiger partial charge in [-0.25, -0.2) is 12.8 Å². The molecule has 0 bridgehead atoms. The molecule has 0 aromatic heterocycles. The quantitative estimate of drug-likeness (QED) is 0.620. The number of rotatable bonds is 2. The van der Waals surface area contributed by atoms with Crippen LogP contribution in [-0.4, -0.2) is 26.0 Å². The number of halogens is 1. The van der Waals surface area contributed by atoms with Crippen molar-refractivity contribution in [3.05, 3.63) is 59.4 Å². The lowest BCUT2D eigenvalue weighted by Gasteiger charge is -2.26. The van der Waals surface area contributed by atoms with Crippen LogP contribution in [0, 0.1) is 12.7 Å². The van der Waals surface area contributed by atoms with Crippen LogP contribution in [-0.2, 0) is 19.4 Å². The van der Waals surface area contributed by atoms with Crippen molar-refractivity contribution < 1.29 is 22.4 Å². The normalized spacial score (nSPS) is 17.8. The van der Waals surface area contributed by atoms with Crippen LogP contribution in [0.5, 0.6) is 0 Å². The third kappa shape index (κ3) is 3.75. The topological polar surface area (TPSA) is 92.3 Å². The highest BCUT2D eigenvalue weighted by Crippen LogP contribution is 2.32. The first-order valence-electron chi connectivity index (χ1n) is 7.97. The molecule has 1 unspecified atom stereocenters. The molecule has 0 spiro atoms. The van der Waals surface area contributed by atoms with Crippen LogP contribution in [0.25, 0.3) is 0 Å². The van der Waals surface area contributed by atoms with Gasteiger partial charge in [0.05, 0.1) is 16.7 Å². The van der Waals surface area contributed by atoms with E-state index in [1.54, 1.807) is 24.3 Å². The molecule has 26 heavy (non-hydrogen) atoms. The Morgan fingerprint density at radius 3 is 2.46 bits per heavy atom. The van der Waals surface area contributed by atoms with Gasteiger partial charge in [0.15, 0.2) is 9.84 Å². The molecule has 8 heteroatoms. The van der Waals surface area contributed by atoms with Crippen LogP contribution in [0.4, 0.5) is 10.1 Å². The van der Waals surface area contributed by atoms with Crippen LogP contribution in [0.3, 0.4) is 0 Å². The molecule has 0 radical (unpaired) electrons. The number of carbonyl (C=O) groups is 2. The third-order valence-corrected chi connectivity index (χ3v) is 5.99. The standard InChI is InChI=1S/C18H17FN2O4S/c1-11-2-5-13(6-3-11)20-17(22)18(23)21-15-8-9-26(24,25)16-7-4-12(19)10-14(15)16/h2-7,10,15H,8-9H2,1H3,(H,20,22)(H,21,23). The van der Waals surface area contributed by atoms with Crippen molar-refractivity contribution in [3.63, 3.8) is 0 Å². The Labute approximate surface area is 150 Å². The van der Waals surface area contributed by atoms with E-state index in [2.05, 4.69) is 10.6 Å². The maximum atomic E-state index is 13.5. The van der Waals surface area contributed by atoms with Crippen LogP contribution < -0.4 is 10.6 Å². The summed E-state index contributed by atoms with van der Waals surface area (Å²) in [6, 6.07) is 9.48. The number of hydrogen-bond donors (Lipinski definition) is 2. The van der Waals surface area contributed by atoms with E-state index in [0.29, 0.717) is 5.69 Å². The van der Waals surface area contributed by atoms with E-state index in [9.17, 15) is 22.4 Å². The number of sulfone groups is 1. The average Bonchev–Trinajstić information content (AvgIpc) is 2.59. The van der Waals surface area contributed by atoms with Gasteiger partial charge in [-0.2, -0.15) is 0 Å². The molecule has 1 heterocycles. The third-order valence-electron chi connectivity index (χ3n) is 4.18. The van der Waals surface area contributed by atoms with Crippen LogP contribution in [0.2, 0.25) is 0 Å². The summed E-state index contributed by atoms with van der Waals surface area (Å²) in [5, 5.41) is 4.96. The van der Waals surface area contributed by atoms with Gasteiger partial charge in [0.25, 0.3) is 0 Å². The van der Waals surface area contributed by atoms with Gasteiger partial charge in [-0.1, -0.05) is 17.7 Å². The highest BCUT2D eigenvalue weighted by Gasteiger charge is 2.32. The molecular formula is C18H17FN2O4S. The summed E-state index contributed by atoms with van der Waals surface area (Å²) < 4.78 is 37.8. The van der Waals surface area contributed by atoms with Gasteiger partial charge >= 0.3 is 11.8 Å². The number of hydrogen-bond acceptors (Lipinski definition) is 4. The number of carbonyl (C=O) groups excluding carboxylic acids is 2. The fourth-order valence-corrected chi connectivity index (χ4v) is 4.41. The molecule has 3 rings (SSSR count). The first kappa shape index (κ1) is 18.1. The highest BCUT2D eigenvalue weighted by molar-refractivity contribution is 7.91. The number of fused-ring (bicyclic) bond motifs is 1. The van der Waals surface area contributed by atoms with Crippen molar-refractivity contribution in [2.24, 2.45) is 0 Å². The predicted molar refractivity (Wildman–Crippen MR) is 93.8 cm³/mol. The largest absolute Gasteiger partial charge is 0.341 e. The van der Waals surface area contributed by atoms with Crippen molar-refractivity contribution in [1.29, 1.82) is 0 Å². The molecular weight excluding hydrogens is 359 g/mol. The van der Waals surface area contributed by atoms with Gasteiger partial charge in [-0.15, -0.1) is 0 Å². The molecule has 1 aliphatic heterocycles. The molecule has 0 saturated heterocycles. The SMILES string of the molecule is Cc1ccc(NC(=O)C(=O)NC2CCS(=O)(=O)c3ccc(F)cc32)cc1. The fourth-order valence-electron chi connectivity index (χ4n) is 2.81. The van der Waals surface area contributed by atoms with E-state index in [1.165, 1.54) is 6.07 Å². The van der Waals surface area contributed by atoms with E-state index >= 15 is 0 Å². The second kappa shape index (κ2) is 6.87. The Bertz CT molecular complexity index is 971. The highest BCUT2D eigenvalue weighted by atomic mass is 32.2. The summed E-state index contributed by atoms with van der Waals surface area (Å²) in [5.41, 5.74) is 1.63. The van der Waals surface area contributed by atoms with Gasteiger partial charge in [-0.05, 0) is 49.2 Å². The summed E-state index contributed by atoms with van der Waals surface area (Å²) >= 11 is 0. The second-order valence-corrected chi connectivity index (χ2v) is 8.21. The van der Waals surface area contributed by atoms with Crippen LogP contribution >= 0.6 is 0 Å². The van der Waals surface area contributed by atoms with E-state index in [4.69, 9.17) is 0 Å². The van der Waals surface area contributed by atoms with E-state index in [-0.39, 0.29) is 22.6 Å². The lowest BCUT2D eigenvalue weighted by atomic mass is 10.0. The Morgan fingerprint density at radius 2 is 1.77 bits per heavy atom. The smallest absolute Gasteiger partial charge is 0.313 e. The first-order chi connectivity index (χ1) is 12.3. The zero-order valence-corrected chi connectivity index (χ0v) is 14.8. The number of benzene rings is 2. The van der Waals surface area contributed by atoms with Gasteiger partial charge in [-0.3, -0.25) is 9.59 Å². The molecule has 1 atom stereocenters. The lowest BCUT2D eigenvalue weighted by Crippen LogP contribution is -2.40. The van der Waals surface area contributed by atoms with E-state index in [0.717, 1.165) is 17.7 Å². The Hall–Kier alpha value is -2.74. The Kier molecular flexibility index (Phi) is 4.78. The molecule has 2 aromatic rings. The molecule has 2 aromatic carbocycles. The molecule has 2 N–H and O–H groups in total. The monoisotopic (exact) mass is 376 g/mol. The maximum Gasteiger partial charge on any atom is 0.313 e. The predicted octanol–water partition coefficient (Wildman–Crippen LogP) is 2.11. The van der Waals surface area contributed by atoms with Crippen LogP contribution in [0.1, 0.15) is 23.6 Å². The van der Waals surface area contributed by atoms with E-state index < -0.39 is 33.5 Å². The number of amides is 2. The minimum absolute atomic E-state index is 0.0191. The van der Waals surface area contributed by atoms with Gasteiger partial charge in [0.2, 0.25) is 0 Å². The molecule has 2 amide bonds. The summed E-state index contributed by atoms with van der Waals surface area (Å²) in [6.45, 7) is 1.89. The van der Waals surface area contributed by atoms with Crippen molar-refractivity contribution in [1.82, 2.24) is 5.32 Å². The van der Waals surface area contributed by atoms with Gasteiger partial charge < -0.3 is 10.6 Å². The molecule has 1 aliphatic rings. The molecule has 0 saturated carbocycles. The summed E-state index contributed by atoms with van der Waals surface area (Å²) in [5.74, 6) is -2.58. The van der Waals surface area contributed by atoms with Gasteiger partial charge in [0.1, 0.15) is 5.82 Å². The average molecular weight is 376 g/mol. The zero-order chi connectivity index (χ0) is 18.9. The molecule has 0 fully saturated rings. The summed E-state index contributed by atoms with van der Waals surface area (Å²) in [4.78, 5) is 24.2. The van der Waals surface area contributed by atoms with Crippen molar-refractivity contribution in [2.75, 3.05) is 11.1 Å². The zero-order valence-electron chi connectivity index (χ0n) is 14.0. The molecule has 6 nitrogen and oxygen atoms in total. The second-order valence-electron chi connectivity index (χ2n) is 6.14. The van der Waals surface area contributed by atoms with Crippen LogP contribution in [0.15, 0.2) is 47.4 Å². The van der Waals surface area contributed by atoms with E-state index in [1.807, 2.05) is 6.92 Å². The van der Waals surface area contributed by atoms with Gasteiger partial charge in [0, 0.05) is 5.69 Å². The summed E-state index contributed by atoms with van der Waals surface area (Å²) in [6.07, 6.45) is 0.0718. The summed E-state index contributed by atoms with van der Waals surface area (Å²) in [7, 11) is -3.52. The Morgan fingerprint density at radius 1 is 1.08 bits per heavy atom. The molecule has 136 valence electrons. The maximum absolute atomic E-state index is 13.5. The van der Waals surface area contributed by atoms with Crippen molar-refractivity contribution in [3.8, 4) is 0 Å². The fraction of sp³-hybridized carbons (Fsp3) is 0.222. The minimum atomic E-state index is -3.52. The lowest BCUT2D eigenvalue weighted by molar-refractivity contribution is -0.136. The first-order valence-corrected chi connectivity index (χ1v) is 9.62. The number of nitrogens with one attached hydrogen (secondary N) is 2. The number of aryl methyl sites for hydroxylation is 1. The molecule has 0 aliphatic carbocycles. The van der Waals surface area contributed by atoms with Crippen molar-refractivity contribution >= 4 is 27.3 Å². The Balaban J connectivity index is 1.76. The van der Waals surface area contributed by atoms with Crippen molar-refractivity contribution in [2.45, 2.75) is 24.3 Å². The minimum Gasteiger partial charge on any atom is -0.341 e. The number of anilines is 1.